The van der Waals surface area contributed by atoms with Crippen LogP contribution in [0.5, 0.6) is 0 Å². The maximum absolute atomic E-state index is 5.24. The van der Waals surface area contributed by atoms with Gasteiger partial charge in [0.05, 0.1) is 0 Å². The molecule has 1 saturated carbocycles. The van der Waals surface area contributed by atoms with Gasteiger partial charge in [-0.3, -0.25) is 0 Å². The molecule has 0 aromatic carbocycles. The van der Waals surface area contributed by atoms with Gasteiger partial charge in [-0.15, -0.1) is 12.3 Å². The summed E-state index contributed by atoms with van der Waals surface area (Å²) in [5.41, 5.74) is 0. The monoisotopic (exact) mass is 579 g/mol. The molecular formula is C10H14Y5-2. The van der Waals surface area contributed by atoms with Crippen molar-refractivity contribution in [3.05, 3.63) is 12.8 Å². The molecule has 0 bridgehead atoms. The predicted molar refractivity (Wildman–Crippen MR) is 43.9 cm³/mol. The van der Waals surface area contributed by atoms with Crippen molar-refractivity contribution in [1.82, 2.24) is 0 Å². The van der Waals surface area contributed by atoms with Gasteiger partial charge in [0, 0.05) is 164 Å². The molecule has 1 rings (SSSR count). The van der Waals surface area contributed by atoms with Gasteiger partial charge in [-0.05, 0) is 6.42 Å². The molecule has 0 aliphatic heterocycles. The fourth-order valence-electron chi connectivity index (χ4n) is 1.46. The van der Waals surface area contributed by atoms with Crippen LogP contribution < -0.4 is 0 Å². The minimum Gasteiger partial charge on any atom is -0.330 e. The Labute approximate surface area is 221 Å². The zero-order valence-electron chi connectivity index (χ0n) is 9.39. The molecule has 0 aromatic rings. The Kier molecular flexibility index (Phi) is 45.8. The fraction of sp³-hybridized carbons (Fsp3) is 0.600. The van der Waals surface area contributed by atoms with Crippen LogP contribution in [0.1, 0.15) is 26.2 Å². The van der Waals surface area contributed by atoms with Crippen LogP contribution in [0, 0.1) is 37.0 Å². The number of hydrogen-bond acceptors (Lipinski definition) is 0. The summed E-state index contributed by atoms with van der Waals surface area (Å²) < 4.78 is 0. The summed E-state index contributed by atoms with van der Waals surface area (Å²) in [6.07, 6.45) is 13.4. The van der Waals surface area contributed by atoms with E-state index in [0.29, 0.717) is 11.8 Å². The third-order valence-corrected chi connectivity index (χ3v) is 2.20. The van der Waals surface area contributed by atoms with Gasteiger partial charge in [-0.2, -0.15) is 11.8 Å². The summed E-state index contributed by atoms with van der Waals surface area (Å²) in [5, 5.41) is 0. The van der Waals surface area contributed by atoms with Gasteiger partial charge in [0.15, 0.2) is 0 Å². The summed E-state index contributed by atoms with van der Waals surface area (Å²) in [4.78, 5) is 0. The number of rotatable bonds is 1. The quantitative estimate of drug-likeness (QED) is 0.332. The van der Waals surface area contributed by atoms with E-state index in [1.54, 1.807) is 0 Å². The van der Waals surface area contributed by atoms with E-state index in [9.17, 15) is 0 Å². The zero-order chi connectivity index (χ0) is 7.40. The zero-order valence-corrected chi connectivity index (χ0v) is 23.6. The maximum atomic E-state index is 5.24. The topological polar surface area (TPSA) is 0 Å². The van der Waals surface area contributed by atoms with Crippen LogP contribution in [0.3, 0.4) is 0 Å². The van der Waals surface area contributed by atoms with Crippen molar-refractivity contribution in [3.8, 4) is 12.3 Å². The van der Waals surface area contributed by atoms with Crippen molar-refractivity contribution in [2.75, 3.05) is 0 Å². The first kappa shape index (κ1) is 32.1. The van der Waals surface area contributed by atoms with Gasteiger partial charge >= 0.3 is 0 Å². The molecule has 0 aromatic heterocycles. The summed E-state index contributed by atoms with van der Waals surface area (Å²) in [5.74, 6) is 4.07. The van der Waals surface area contributed by atoms with Crippen molar-refractivity contribution in [2.45, 2.75) is 26.2 Å². The molecule has 0 amide bonds. The third-order valence-electron chi connectivity index (χ3n) is 2.20. The van der Waals surface area contributed by atoms with E-state index in [2.05, 4.69) is 25.7 Å². The molecule has 71 valence electrons. The Bertz CT molecular complexity index is 143. The van der Waals surface area contributed by atoms with E-state index < -0.39 is 0 Å². The first-order chi connectivity index (χ1) is 4.84. The van der Waals surface area contributed by atoms with Crippen LogP contribution in [0.15, 0.2) is 0 Å². The SMILES string of the molecule is C#CCC1[CH-]CC[CH-]C1C.[Y].[Y].[Y].[Y].[Y]. The molecule has 0 N–H and O–H groups in total. The van der Waals surface area contributed by atoms with Crippen molar-refractivity contribution in [1.29, 1.82) is 0 Å². The van der Waals surface area contributed by atoms with Crippen molar-refractivity contribution < 1.29 is 164 Å². The first-order valence-electron chi connectivity index (χ1n) is 3.94. The molecule has 1 aliphatic rings. The van der Waals surface area contributed by atoms with Crippen molar-refractivity contribution in [3.63, 3.8) is 0 Å². The molecule has 5 radical (unpaired) electrons. The molecule has 5 heteroatoms. The van der Waals surface area contributed by atoms with Crippen LogP contribution in [0.4, 0.5) is 0 Å². The molecule has 0 saturated heterocycles. The van der Waals surface area contributed by atoms with E-state index in [1.807, 2.05) is 0 Å². The van der Waals surface area contributed by atoms with Crippen LogP contribution in [-0.4, -0.2) is 0 Å². The smallest absolute Gasteiger partial charge is 0 e. The molecule has 1 aliphatic carbocycles. The molecule has 2 unspecified atom stereocenters. The van der Waals surface area contributed by atoms with Gasteiger partial charge in [0.2, 0.25) is 0 Å². The Morgan fingerprint density at radius 2 is 1.53 bits per heavy atom. The Balaban J connectivity index is -0.0000000667. The van der Waals surface area contributed by atoms with Gasteiger partial charge in [0.1, 0.15) is 0 Å². The van der Waals surface area contributed by atoms with E-state index in [0.717, 1.165) is 6.42 Å². The summed E-state index contributed by atoms with van der Waals surface area (Å²) >= 11 is 0. The third kappa shape index (κ3) is 15.3. The van der Waals surface area contributed by atoms with Crippen LogP contribution in [0.25, 0.3) is 0 Å². The standard InChI is InChI=1S/C10H14.5Y/c1-3-6-10-8-5-4-7-9(10)2;;;;;/h1,7-10H,4-6H2,2H3;;;;;/q-2;;;;;. The minimum absolute atomic E-state index is 0. The predicted octanol–water partition coefficient (Wildman–Crippen LogP) is 2.45. The number of terminal acetylenes is 1. The summed E-state index contributed by atoms with van der Waals surface area (Å²) in [6.45, 7) is 2.25. The normalized spacial score (nSPS) is 22.1. The Hall–Kier alpha value is 5.08. The molecule has 2 atom stereocenters. The average molecular weight is 579 g/mol. The molecule has 15 heavy (non-hydrogen) atoms. The average Bonchev–Trinajstić information content (AvgIpc) is 1.94. The maximum Gasteiger partial charge on any atom is 0 e. The van der Waals surface area contributed by atoms with Crippen LogP contribution in [0.2, 0.25) is 0 Å². The fourth-order valence-corrected chi connectivity index (χ4v) is 1.46. The molecular weight excluding hydrogens is 565 g/mol. The Morgan fingerprint density at radius 1 is 1.07 bits per heavy atom. The Morgan fingerprint density at radius 3 is 1.93 bits per heavy atom. The van der Waals surface area contributed by atoms with E-state index in [1.165, 1.54) is 12.8 Å². The van der Waals surface area contributed by atoms with Crippen molar-refractivity contribution in [2.24, 2.45) is 11.8 Å². The van der Waals surface area contributed by atoms with Gasteiger partial charge < -0.3 is 12.8 Å². The minimum atomic E-state index is 0. The summed E-state index contributed by atoms with van der Waals surface area (Å²) in [6, 6.07) is 0. The second-order valence-electron chi connectivity index (χ2n) is 2.98. The first-order valence-corrected chi connectivity index (χ1v) is 3.94. The van der Waals surface area contributed by atoms with Crippen LogP contribution >= 0.6 is 0 Å². The van der Waals surface area contributed by atoms with Crippen LogP contribution in [-0.2, 0) is 164 Å². The van der Waals surface area contributed by atoms with E-state index in [4.69, 9.17) is 6.42 Å². The van der Waals surface area contributed by atoms with Gasteiger partial charge in [-0.1, -0.05) is 6.92 Å². The molecule has 0 nitrogen and oxygen atoms in total. The number of hydrogen-bond donors (Lipinski definition) is 0. The molecule has 0 spiro atoms. The van der Waals surface area contributed by atoms with Crippen molar-refractivity contribution >= 4 is 0 Å². The second kappa shape index (κ2) is 21.4. The van der Waals surface area contributed by atoms with Gasteiger partial charge in [0.25, 0.3) is 0 Å². The van der Waals surface area contributed by atoms with E-state index in [-0.39, 0.29) is 164 Å². The second-order valence-corrected chi connectivity index (χ2v) is 2.98. The molecule has 1 fully saturated rings. The van der Waals surface area contributed by atoms with Gasteiger partial charge in [-0.25, -0.2) is 12.8 Å². The van der Waals surface area contributed by atoms with E-state index >= 15 is 0 Å². The largest absolute Gasteiger partial charge is 0.330 e. The summed E-state index contributed by atoms with van der Waals surface area (Å²) in [7, 11) is 0. The molecule has 0 heterocycles.